The van der Waals surface area contributed by atoms with Gasteiger partial charge in [-0.1, -0.05) is 29.8 Å². The quantitative estimate of drug-likeness (QED) is 0.0627. The van der Waals surface area contributed by atoms with Crippen molar-refractivity contribution in [3.63, 3.8) is 0 Å². The predicted octanol–water partition coefficient (Wildman–Crippen LogP) is 3.00. The fraction of sp³-hybridized carbons (Fsp3) is 0.500. The van der Waals surface area contributed by atoms with Crippen LogP contribution in [-0.2, 0) is 21.7 Å². The molecule has 0 saturated heterocycles. The van der Waals surface area contributed by atoms with Crippen LogP contribution in [0.5, 0.6) is 5.75 Å². The van der Waals surface area contributed by atoms with Crippen molar-refractivity contribution in [2.45, 2.75) is 92.9 Å². The number of ether oxygens (including phenoxy) is 1. The van der Waals surface area contributed by atoms with Gasteiger partial charge in [-0.25, -0.2) is 0 Å². The number of aromatic nitrogens is 1. The third-order valence-corrected chi connectivity index (χ3v) is 10.8. The number of carbonyl (C=O) groups is 2. The van der Waals surface area contributed by atoms with Gasteiger partial charge in [-0.15, -0.1) is 11.8 Å². The van der Waals surface area contributed by atoms with Crippen molar-refractivity contribution in [2.24, 2.45) is 0 Å². The minimum atomic E-state index is -2.03. The van der Waals surface area contributed by atoms with Crippen molar-refractivity contribution in [2.75, 3.05) is 32.0 Å². The SMILES string of the molecule is CC(=O)NCCN(CCCCSc1ccc(Cl)c(CNC2(c3cnccc3-c3ccccc3OC3CC3)CC2)c1)C(=O)[C@@H](O)[C@@H](O)[C@H](O)[C@@H](O)CO. The molecule has 12 nitrogen and oxygen atoms in total. The summed E-state index contributed by atoms with van der Waals surface area (Å²) < 4.78 is 6.25. The van der Waals surface area contributed by atoms with E-state index >= 15 is 0 Å². The van der Waals surface area contributed by atoms with E-state index in [1.54, 1.807) is 11.8 Å². The molecule has 0 bridgehead atoms. The number of amides is 2. The van der Waals surface area contributed by atoms with E-state index in [-0.39, 0.29) is 31.1 Å². The number of nitrogens with zero attached hydrogens (tertiary/aromatic N) is 2. The van der Waals surface area contributed by atoms with Crippen molar-refractivity contribution in [1.82, 2.24) is 20.5 Å². The summed E-state index contributed by atoms with van der Waals surface area (Å²) in [4.78, 5) is 31.2. The lowest BCUT2D eigenvalue weighted by atomic mass is 9.94. The van der Waals surface area contributed by atoms with Gasteiger partial charge in [-0.2, -0.15) is 0 Å². The fourth-order valence-corrected chi connectivity index (χ4v) is 7.18. The van der Waals surface area contributed by atoms with Gasteiger partial charge < -0.3 is 45.8 Å². The number of thioether (sulfide) groups is 1. The first-order valence-electron chi connectivity index (χ1n) is 17.8. The molecule has 2 aromatic carbocycles. The van der Waals surface area contributed by atoms with Gasteiger partial charge in [-0.05, 0) is 91.3 Å². The molecule has 1 aromatic heterocycles. The van der Waals surface area contributed by atoms with Gasteiger partial charge in [0.1, 0.15) is 24.1 Å². The summed E-state index contributed by atoms with van der Waals surface area (Å²) in [6.45, 7) is 1.50. The van der Waals surface area contributed by atoms with E-state index in [1.165, 1.54) is 11.8 Å². The number of aliphatic hydroxyl groups is 5. The van der Waals surface area contributed by atoms with Gasteiger partial charge in [0.25, 0.3) is 5.91 Å². The topological polar surface area (TPSA) is 185 Å². The molecule has 0 spiro atoms. The fourth-order valence-electron chi connectivity index (χ4n) is 6.02. The number of para-hydroxylation sites is 1. The monoisotopic (exact) mass is 756 g/mol. The first kappa shape index (κ1) is 39.9. The molecule has 0 radical (unpaired) electrons. The Bertz CT molecular complexity index is 1660. The molecule has 2 amide bonds. The number of rotatable bonds is 21. The molecule has 0 unspecified atom stereocenters. The number of aliphatic hydroxyl groups excluding tert-OH is 5. The Morgan fingerprint density at radius 1 is 1.04 bits per heavy atom. The molecule has 2 aliphatic rings. The summed E-state index contributed by atoms with van der Waals surface area (Å²) in [5, 5.41) is 56.4. The van der Waals surface area contributed by atoms with Crippen LogP contribution in [0, 0.1) is 0 Å². The molecule has 2 fully saturated rings. The predicted molar refractivity (Wildman–Crippen MR) is 199 cm³/mol. The smallest absolute Gasteiger partial charge is 0.254 e. The molecule has 1 heterocycles. The molecule has 4 atom stereocenters. The maximum atomic E-state index is 13.0. The molecule has 14 heteroatoms. The average Bonchev–Trinajstić information content (AvgIpc) is 4.10. The Kier molecular flexibility index (Phi) is 14.3. The van der Waals surface area contributed by atoms with Crippen LogP contribution in [0.15, 0.2) is 65.8 Å². The summed E-state index contributed by atoms with van der Waals surface area (Å²) in [6.07, 6.45) is 1.82. The van der Waals surface area contributed by atoms with E-state index in [2.05, 4.69) is 33.8 Å². The summed E-state index contributed by atoms with van der Waals surface area (Å²) in [6, 6.07) is 16.2. The third kappa shape index (κ3) is 10.7. The highest BCUT2D eigenvalue weighted by Gasteiger charge is 2.46. The zero-order valence-electron chi connectivity index (χ0n) is 29.3. The molecule has 2 saturated carbocycles. The van der Waals surface area contributed by atoms with E-state index in [0.717, 1.165) is 64.3 Å². The van der Waals surface area contributed by atoms with Crippen LogP contribution < -0.4 is 15.4 Å². The third-order valence-electron chi connectivity index (χ3n) is 9.38. The summed E-state index contributed by atoms with van der Waals surface area (Å²) in [5.41, 5.74) is 4.10. The number of pyridine rings is 1. The van der Waals surface area contributed by atoms with E-state index in [1.807, 2.05) is 42.7 Å². The lowest BCUT2D eigenvalue weighted by Crippen LogP contribution is -2.53. The summed E-state index contributed by atoms with van der Waals surface area (Å²) in [5.74, 6) is 0.501. The molecular weight excluding hydrogens is 708 g/mol. The highest BCUT2D eigenvalue weighted by atomic mass is 35.5. The number of unbranched alkanes of at least 4 members (excludes halogenated alkanes) is 1. The van der Waals surface area contributed by atoms with Crippen LogP contribution in [0.4, 0.5) is 0 Å². The van der Waals surface area contributed by atoms with Gasteiger partial charge in [0.05, 0.1) is 12.7 Å². The molecule has 7 N–H and O–H groups in total. The van der Waals surface area contributed by atoms with Crippen LogP contribution >= 0.6 is 23.4 Å². The zero-order chi connectivity index (χ0) is 37.3. The number of benzene rings is 2. The molecule has 5 rings (SSSR count). The summed E-state index contributed by atoms with van der Waals surface area (Å²) in [7, 11) is 0. The zero-order valence-corrected chi connectivity index (χ0v) is 30.9. The Morgan fingerprint density at radius 2 is 1.81 bits per heavy atom. The second kappa shape index (κ2) is 18.7. The number of halogens is 1. The van der Waals surface area contributed by atoms with Crippen molar-refractivity contribution in [3.8, 4) is 16.9 Å². The number of carbonyl (C=O) groups excluding carboxylic acids is 2. The minimum Gasteiger partial charge on any atom is -0.490 e. The van der Waals surface area contributed by atoms with Gasteiger partial charge in [0.2, 0.25) is 5.91 Å². The van der Waals surface area contributed by atoms with Crippen molar-refractivity contribution < 1.29 is 39.9 Å². The first-order valence-corrected chi connectivity index (χ1v) is 19.1. The second-order valence-corrected chi connectivity index (χ2v) is 15.0. The van der Waals surface area contributed by atoms with Crippen LogP contribution in [-0.4, -0.2) is 110 Å². The van der Waals surface area contributed by atoms with E-state index in [9.17, 15) is 30.0 Å². The number of hydrogen-bond acceptors (Lipinski definition) is 11. The first-order chi connectivity index (χ1) is 25.0. The van der Waals surface area contributed by atoms with Crippen LogP contribution in [0.1, 0.15) is 56.6 Å². The van der Waals surface area contributed by atoms with Gasteiger partial charge in [-0.3, -0.25) is 14.6 Å². The molecule has 52 heavy (non-hydrogen) atoms. The highest BCUT2D eigenvalue weighted by Crippen LogP contribution is 2.50. The second-order valence-electron chi connectivity index (χ2n) is 13.5. The Balaban J connectivity index is 1.16. The molecule has 0 aliphatic heterocycles. The molecule has 2 aliphatic carbocycles. The van der Waals surface area contributed by atoms with Crippen molar-refractivity contribution in [1.29, 1.82) is 0 Å². The standard InChI is InChI=1S/C38H49ClN4O8S/c1-24(45)41-16-18-43(37(50)36(49)35(48)34(47)32(46)23-44)17-4-5-19-52-27-10-11-31(39)25(20-27)21-42-38(13-14-38)30-22-40-15-12-28(30)29-6-2-3-7-33(29)51-26-8-9-26/h2-3,6-7,10-12,15,20,22,26,32,34-36,42,44,46-49H,4-5,8-9,13-14,16-19,21,23H2,1H3,(H,41,45)/t32-,34+,35-,36-/m0/s1. The largest absolute Gasteiger partial charge is 0.490 e. The van der Waals surface area contributed by atoms with Crippen molar-refractivity contribution in [3.05, 3.63) is 77.1 Å². The summed E-state index contributed by atoms with van der Waals surface area (Å²) >= 11 is 8.33. The lowest BCUT2D eigenvalue weighted by molar-refractivity contribution is -0.158. The minimum absolute atomic E-state index is 0.0737. The normalized spacial score (nSPS) is 17.1. The maximum absolute atomic E-state index is 13.0. The van der Waals surface area contributed by atoms with Crippen molar-refractivity contribution >= 4 is 35.2 Å². The number of hydrogen-bond donors (Lipinski definition) is 7. The van der Waals surface area contributed by atoms with Crippen LogP contribution in [0.25, 0.3) is 11.1 Å². The maximum Gasteiger partial charge on any atom is 0.254 e. The Hall–Kier alpha value is -3.27. The Morgan fingerprint density at radius 3 is 2.52 bits per heavy atom. The van der Waals surface area contributed by atoms with E-state index in [0.29, 0.717) is 30.5 Å². The lowest BCUT2D eigenvalue weighted by Gasteiger charge is -2.30. The van der Waals surface area contributed by atoms with Crippen LogP contribution in [0.2, 0.25) is 5.02 Å². The average molecular weight is 757 g/mol. The molecular formula is C38H49ClN4O8S. The van der Waals surface area contributed by atoms with Gasteiger partial charge in [0.15, 0.2) is 6.10 Å². The Labute approximate surface area is 313 Å². The highest BCUT2D eigenvalue weighted by molar-refractivity contribution is 7.99. The van der Waals surface area contributed by atoms with E-state index in [4.69, 9.17) is 21.4 Å². The van der Waals surface area contributed by atoms with E-state index < -0.39 is 36.9 Å². The molecule has 282 valence electrons. The van der Waals surface area contributed by atoms with Gasteiger partial charge >= 0.3 is 0 Å². The van der Waals surface area contributed by atoms with Crippen LogP contribution in [0.3, 0.4) is 0 Å². The molecule has 3 aromatic rings. The number of nitrogens with one attached hydrogen (secondary N) is 2. The van der Waals surface area contributed by atoms with Gasteiger partial charge in [0, 0.05) is 66.5 Å².